The Morgan fingerprint density at radius 3 is 2.44 bits per heavy atom. The zero-order valence-corrected chi connectivity index (χ0v) is 12.5. The van der Waals surface area contributed by atoms with E-state index in [1.807, 2.05) is 13.8 Å². The van der Waals surface area contributed by atoms with Gasteiger partial charge in [0.05, 0.1) is 24.8 Å². The molecule has 0 amide bonds. The highest BCUT2D eigenvalue weighted by atomic mass is 35.7. The van der Waals surface area contributed by atoms with Crippen molar-refractivity contribution in [3.8, 4) is 5.75 Å². The SMILES string of the molecule is CCC(CC)(COc1cnn(C)c1)CS(=O)(=O)Cl. The first-order valence-corrected chi connectivity index (χ1v) is 8.32. The standard InChI is InChI=1S/C11H19ClN2O3S/c1-4-11(5-2,9-18(12,15)16)8-17-10-6-13-14(3)7-10/h6-7H,4-5,8-9H2,1-3H3. The number of aryl methyl sites for hydroxylation is 1. The van der Waals surface area contributed by atoms with Crippen molar-refractivity contribution >= 4 is 19.7 Å². The van der Waals surface area contributed by atoms with Crippen molar-refractivity contribution in [3.63, 3.8) is 0 Å². The zero-order chi connectivity index (χ0) is 13.8. The molecule has 1 aromatic heterocycles. The van der Waals surface area contributed by atoms with E-state index in [9.17, 15) is 8.42 Å². The van der Waals surface area contributed by atoms with E-state index >= 15 is 0 Å². The third-order valence-corrected chi connectivity index (χ3v) is 4.49. The number of aromatic nitrogens is 2. The number of hydrogen-bond donors (Lipinski definition) is 0. The molecule has 104 valence electrons. The van der Waals surface area contributed by atoms with Crippen molar-refractivity contribution in [1.29, 1.82) is 0 Å². The maximum atomic E-state index is 11.3. The summed E-state index contributed by atoms with van der Waals surface area (Å²) in [5.74, 6) is 0.560. The molecule has 0 radical (unpaired) electrons. The number of rotatable bonds is 7. The molecule has 5 nitrogen and oxygen atoms in total. The Morgan fingerprint density at radius 1 is 1.44 bits per heavy atom. The Kier molecular flexibility index (Phi) is 5.04. The number of nitrogens with zero attached hydrogens (tertiary/aromatic N) is 2. The van der Waals surface area contributed by atoms with Crippen molar-refractivity contribution in [2.75, 3.05) is 12.4 Å². The Morgan fingerprint density at radius 2 is 2.06 bits per heavy atom. The van der Waals surface area contributed by atoms with Crippen LogP contribution in [0.25, 0.3) is 0 Å². The summed E-state index contributed by atoms with van der Waals surface area (Å²) in [6.07, 6.45) is 4.72. The molecule has 0 fully saturated rings. The summed E-state index contributed by atoms with van der Waals surface area (Å²) in [5, 5.41) is 3.99. The minimum absolute atomic E-state index is 0.0746. The Hall–Kier alpha value is -0.750. The van der Waals surface area contributed by atoms with E-state index in [1.165, 1.54) is 0 Å². The van der Waals surface area contributed by atoms with Gasteiger partial charge in [-0.25, -0.2) is 8.42 Å². The van der Waals surface area contributed by atoms with Crippen LogP contribution in [0.15, 0.2) is 12.4 Å². The second-order valence-corrected chi connectivity index (χ2v) is 7.31. The van der Waals surface area contributed by atoms with Gasteiger partial charge in [0.15, 0.2) is 5.75 Å². The Bertz CT molecular complexity index is 480. The highest BCUT2D eigenvalue weighted by Gasteiger charge is 2.32. The summed E-state index contributed by atoms with van der Waals surface area (Å²) >= 11 is 0. The third-order valence-electron chi connectivity index (χ3n) is 3.20. The molecule has 0 aromatic carbocycles. The van der Waals surface area contributed by atoms with Gasteiger partial charge in [-0.2, -0.15) is 5.10 Å². The van der Waals surface area contributed by atoms with Crippen LogP contribution >= 0.6 is 10.7 Å². The van der Waals surface area contributed by atoms with Gasteiger partial charge in [-0.05, 0) is 12.8 Å². The molecule has 0 N–H and O–H groups in total. The van der Waals surface area contributed by atoms with Gasteiger partial charge < -0.3 is 4.74 Å². The number of hydrogen-bond acceptors (Lipinski definition) is 4. The molecule has 0 saturated carbocycles. The van der Waals surface area contributed by atoms with E-state index in [-0.39, 0.29) is 5.75 Å². The molecular weight excluding hydrogens is 276 g/mol. The molecule has 0 aliphatic carbocycles. The first kappa shape index (κ1) is 15.3. The van der Waals surface area contributed by atoms with Gasteiger partial charge in [0.25, 0.3) is 0 Å². The molecule has 1 rings (SSSR count). The van der Waals surface area contributed by atoms with E-state index in [0.717, 1.165) is 0 Å². The van der Waals surface area contributed by atoms with E-state index in [4.69, 9.17) is 15.4 Å². The van der Waals surface area contributed by atoms with E-state index in [0.29, 0.717) is 25.2 Å². The molecule has 0 bridgehead atoms. The molecule has 1 aromatic rings. The van der Waals surface area contributed by atoms with E-state index in [2.05, 4.69) is 5.10 Å². The minimum Gasteiger partial charge on any atom is -0.490 e. The Labute approximate surface area is 113 Å². The number of ether oxygens (including phenoxy) is 1. The average Bonchev–Trinajstić information content (AvgIpc) is 2.69. The molecule has 1 heterocycles. The molecule has 0 atom stereocenters. The average molecular weight is 295 g/mol. The van der Waals surface area contributed by atoms with Crippen LogP contribution in [0.5, 0.6) is 5.75 Å². The quantitative estimate of drug-likeness (QED) is 0.723. The van der Waals surface area contributed by atoms with Gasteiger partial charge in [-0.1, -0.05) is 13.8 Å². The zero-order valence-electron chi connectivity index (χ0n) is 10.9. The molecule has 0 unspecified atom stereocenters. The fourth-order valence-electron chi connectivity index (χ4n) is 1.78. The first-order chi connectivity index (χ1) is 8.30. The molecule has 7 heteroatoms. The molecular formula is C11H19ClN2O3S. The summed E-state index contributed by atoms with van der Waals surface area (Å²) in [6.45, 7) is 4.20. The highest BCUT2D eigenvalue weighted by Crippen LogP contribution is 2.30. The summed E-state index contributed by atoms with van der Waals surface area (Å²) in [4.78, 5) is 0. The van der Waals surface area contributed by atoms with Crippen molar-refractivity contribution in [2.45, 2.75) is 26.7 Å². The van der Waals surface area contributed by atoms with Crippen molar-refractivity contribution < 1.29 is 13.2 Å². The van der Waals surface area contributed by atoms with Gasteiger partial charge in [0.1, 0.15) is 0 Å². The molecule has 0 saturated heterocycles. The predicted molar refractivity (Wildman–Crippen MR) is 71.4 cm³/mol. The monoisotopic (exact) mass is 294 g/mol. The fourth-order valence-corrected chi connectivity index (χ4v) is 3.69. The topological polar surface area (TPSA) is 61.2 Å². The lowest BCUT2D eigenvalue weighted by Crippen LogP contribution is -2.33. The van der Waals surface area contributed by atoms with Crippen LogP contribution < -0.4 is 4.74 Å². The van der Waals surface area contributed by atoms with Crippen LogP contribution in [0.2, 0.25) is 0 Å². The molecule has 0 spiro atoms. The van der Waals surface area contributed by atoms with Crippen LogP contribution in [0.1, 0.15) is 26.7 Å². The van der Waals surface area contributed by atoms with Gasteiger partial charge in [-0.3, -0.25) is 4.68 Å². The van der Waals surface area contributed by atoms with E-state index in [1.54, 1.807) is 24.1 Å². The summed E-state index contributed by atoms with van der Waals surface area (Å²) in [6, 6.07) is 0. The van der Waals surface area contributed by atoms with E-state index < -0.39 is 14.5 Å². The third kappa shape index (κ3) is 4.49. The second kappa shape index (κ2) is 5.93. The first-order valence-electron chi connectivity index (χ1n) is 5.84. The predicted octanol–water partition coefficient (Wildman–Crippen LogP) is 2.17. The summed E-state index contributed by atoms with van der Waals surface area (Å²) in [7, 11) is 3.62. The largest absolute Gasteiger partial charge is 0.490 e. The lowest BCUT2D eigenvalue weighted by molar-refractivity contribution is 0.155. The highest BCUT2D eigenvalue weighted by molar-refractivity contribution is 8.13. The Balaban J connectivity index is 2.73. The smallest absolute Gasteiger partial charge is 0.233 e. The maximum absolute atomic E-state index is 11.3. The minimum atomic E-state index is -3.53. The summed E-state index contributed by atoms with van der Waals surface area (Å²) < 4.78 is 29.8. The van der Waals surface area contributed by atoms with Crippen LogP contribution in [0, 0.1) is 5.41 Å². The van der Waals surface area contributed by atoms with Crippen molar-refractivity contribution in [3.05, 3.63) is 12.4 Å². The van der Waals surface area contributed by atoms with Gasteiger partial charge in [-0.15, -0.1) is 0 Å². The van der Waals surface area contributed by atoms with Crippen LogP contribution in [-0.4, -0.2) is 30.6 Å². The lowest BCUT2D eigenvalue weighted by atomic mass is 9.85. The van der Waals surface area contributed by atoms with Gasteiger partial charge in [0.2, 0.25) is 9.05 Å². The van der Waals surface area contributed by atoms with Crippen LogP contribution in [0.3, 0.4) is 0 Å². The molecule has 18 heavy (non-hydrogen) atoms. The van der Waals surface area contributed by atoms with Gasteiger partial charge >= 0.3 is 0 Å². The normalized spacial score (nSPS) is 12.7. The van der Waals surface area contributed by atoms with Crippen molar-refractivity contribution in [1.82, 2.24) is 9.78 Å². The molecule has 0 aliphatic heterocycles. The van der Waals surface area contributed by atoms with Gasteiger partial charge in [0, 0.05) is 23.1 Å². The fraction of sp³-hybridized carbons (Fsp3) is 0.727. The lowest BCUT2D eigenvalue weighted by Gasteiger charge is -2.29. The second-order valence-electron chi connectivity index (χ2n) is 4.53. The summed E-state index contributed by atoms with van der Waals surface area (Å²) in [5.41, 5.74) is -0.448. The van der Waals surface area contributed by atoms with Crippen molar-refractivity contribution in [2.24, 2.45) is 12.5 Å². The maximum Gasteiger partial charge on any atom is 0.233 e. The molecule has 0 aliphatic rings. The number of halogens is 1. The van der Waals surface area contributed by atoms with Crippen LogP contribution in [-0.2, 0) is 16.1 Å². The van der Waals surface area contributed by atoms with Crippen LogP contribution in [0.4, 0.5) is 0 Å².